The van der Waals surface area contributed by atoms with E-state index < -0.39 is 0 Å². The van der Waals surface area contributed by atoms with E-state index >= 15 is 0 Å². The molecule has 6 nitrogen and oxygen atoms in total. The van der Waals surface area contributed by atoms with Crippen LogP contribution in [0.3, 0.4) is 0 Å². The van der Waals surface area contributed by atoms with Gasteiger partial charge in [0.15, 0.2) is 0 Å². The Morgan fingerprint density at radius 3 is 2.39 bits per heavy atom. The van der Waals surface area contributed by atoms with E-state index in [1.54, 1.807) is 11.0 Å². The SMILES string of the molecule is Cc1ccc(-c2ccc(=O)n(CC(=O)N3CCN(c4cc(Cl)ccc4C)CC3)n2)cc1. The monoisotopic (exact) mass is 436 g/mol. The zero-order chi connectivity index (χ0) is 22.0. The fourth-order valence-corrected chi connectivity index (χ4v) is 3.95. The van der Waals surface area contributed by atoms with Crippen molar-refractivity contribution in [3.8, 4) is 11.3 Å². The minimum atomic E-state index is -0.280. The molecule has 1 aliphatic heterocycles. The van der Waals surface area contributed by atoms with Crippen LogP contribution in [-0.4, -0.2) is 46.8 Å². The van der Waals surface area contributed by atoms with E-state index in [9.17, 15) is 9.59 Å². The number of rotatable bonds is 4. The molecule has 1 aromatic heterocycles. The van der Waals surface area contributed by atoms with Crippen LogP contribution < -0.4 is 10.5 Å². The molecule has 7 heteroatoms. The van der Waals surface area contributed by atoms with E-state index in [-0.39, 0.29) is 18.0 Å². The zero-order valence-electron chi connectivity index (χ0n) is 17.7. The number of halogens is 1. The van der Waals surface area contributed by atoms with Gasteiger partial charge in [0, 0.05) is 48.5 Å². The maximum Gasteiger partial charge on any atom is 0.267 e. The summed E-state index contributed by atoms with van der Waals surface area (Å²) in [7, 11) is 0. The molecule has 0 saturated carbocycles. The van der Waals surface area contributed by atoms with Crippen LogP contribution in [0, 0.1) is 13.8 Å². The van der Waals surface area contributed by atoms with Gasteiger partial charge in [0.05, 0.1) is 5.69 Å². The van der Waals surface area contributed by atoms with E-state index in [1.807, 2.05) is 49.4 Å². The van der Waals surface area contributed by atoms with Crippen LogP contribution in [0.5, 0.6) is 0 Å². The summed E-state index contributed by atoms with van der Waals surface area (Å²) < 4.78 is 1.25. The number of aryl methyl sites for hydroxylation is 2. The zero-order valence-corrected chi connectivity index (χ0v) is 18.5. The van der Waals surface area contributed by atoms with Crippen molar-refractivity contribution in [3.05, 3.63) is 81.1 Å². The number of hydrogen-bond acceptors (Lipinski definition) is 4. The van der Waals surface area contributed by atoms with Crippen molar-refractivity contribution in [2.24, 2.45) is 0 Å². The molecule has 0 bridgehead atoms. The normalized spacial score (nSPS) is 14.0. The number of piperazine rings is 1. The highest BCUT2D eigenvalue weighted by atomic mass is 35.5. The van der Waals surface area contributed by atoms with Gasteiger partial charge < -0.3 is 9.80 Å². The smallest absolute Gasteiger partial charge is 0.267 e. The van der Waals surface area contributed by atoms with Gasteiger partial charge in [-0.25, -0.2) is 4.68 Å². The average molecular weight is 437 g/mol. The molecular formula is C24H25ClN4O2. The molecule has 0 aliphatic carbocycles. The third-order valence-electron chi connectivity index (χ3n) is 5.64. The summed E-state index contributed by atoms with van der Waals surface area (Å²) in [5.74, 6) is -0.0990. The largest absolute Gasteiger partial charge is 0.368 e. The summed E-state index contributed by atoms with van der Waals surface area (Å²) in [5, 5.41) is 5.13. The quantitative estimate of drug-likeness (QED) is 0.627. The fourth-order valence-electron chi connectivity index (χ4n) is 3.79. The second-order valence-electron chi connectivity index (χ2n) is 7.88. The van der Waals surface area contributed by atoms with Crippen LogP contribution in [0.25, 0.3) is 11.3 Å². The molecule has 1 saturated heterocycles. The third-order valence-corrected chi connectivity index (χ3v) is 5.88. The lowest BCUT2D eigenvalue weighted by Crippen LogP contribution is -2.50. The van der Waals surface area contributed by atoms with Gasteiger partial charge in [-0.1, -0.05) is 47.5 Å². The first-order valence-electron chi connectivity index (χ1n) is 10.3. The van der Waals surface area contributed by atoms with Gasteiger partial charge in [-0.2, -0.15) is 5.10 Å². The van der Waals surface area contributed by atoms with Crippen molar-refractivity contribution in [3.63, 3.8) is 0 Å². The molecule has 2 aromatic carbocycles. The van der Waals surface area contributed by atoms with Crippen LogP contribution >= 0.6 is 11.6 Å². The van der Waals surface area contributed by atoms with Crippen LogP contribution in [-0.2, 0) is 11.3 Å². The molecule has 1 aliphatic rings. The summed E-state index contributed by atoms with van der Waals surface area (Å²) in [5.41, 5.74) is 4.72. The molecule has 0 spiro atoms. The third kappa shape index (κ3) is 4.80. The van der Waals surface area contributed by atoms with Crippen molar-refractivity contribution < 1.29 is 4.79 Å². The minimum absolute atomic E-state index is 0.0608. The van der Waals surface area contributed by atoms with Gasteiger partial charge in [-0.05, 0) is 37.6 Å². The average Bonchev–Trinajstić information content (AvgIpc) is 2.77. The second kappa shape index (κ2) is 8.94. The van der Waals surface area contributed by atoms with Gasteiger partial charge in [-0.3, -0.25) is 9.59 Å². The molecule has 3 aromatic rings. The van der Waals surface area contributed by atoms with E-state index in [4.69, 9.17) is 11.6 Å². The van der Waals surface area contributed by atoms with Crippen molar-refractivity contribution in [1.82, 2.24) is 14.7 Å². The van der Waals surface area contributed by atoms with Gasteiger partial charge in [0.2, 0.25) is 5.91 Å². The van der Waals surface area contributed by atoms with Crippen molar-refractivity contribution in [2.75, 3.05) is 31.1 Å². The Labute approximate surface area is 186 Å². The van der Waals surface area contributed by atoms with E-state index in [1.165, 1.54) is 10.7 Å². The molecule has 0 radical (unpaired) electrons. The summed E-state index contributed by atoms with van der Waals surface area (Å²) >= 11 is 6.15. The number of amides is 1. The number of anilines is 1. The Kier molecular flexibility index (Phi) is 6.09. The number of carbonyl (C=O) groups excluding carboxylic acids is 1. The highest BCUT2D eigenvalue weighted by Gasteiger charge is 2.23. The van der Waals surface area contributed by atoms with Crippen LogP contribution in [0.15, 0.2) is 59.4 Å². The van der Waals surface area contributed by atoms with Gasteiger partial charge in [0.25, 0.3) is 5.56 Å². The molecule has 0 unspecified atom stereocenters. The lowest BCUT2D eigenvalue weighted by molar-refractivity contribution is -0.132. The maximum absolute atomic E-state index is 12.9. The van der Waals surface area contributed by atoms with Gasteiger partial charge in [0.1, 0.15) is 6.54 Å². The first kappa shape index (κ1) is 21.1. The maximum atomic E-state index is 12.9. The summed E-state index contributed by atoms with van der Waals surface area (Å²) in [6.45, 7) is 6.65. The predicted molar refractivity (Wildman–Crippen MR) is 124 cm³/mol. The number of carbonyl (C=O) groups is 1. The molecule has 160 valence electrons. The van der Waals surface area contributed by atoms with Crippen LogP contribution in [0.4, 0.5) is 5.69 Å². The molecular weight excluding hydrogens is 412 g/mol. The lowest BCUT2D eigenvalue weighted by Gasteiger charge is -2.37. The molecule has 2 heterocycles. The van der Waals surface area contributed by atoms with Crippen molar-refractivity contribution in [1.29, 1.82) is 0 Å². The summed E-state index contributed by atoms with van der Waals surface area (Å²) in [6.07, 6.45) is 0. The fraction of sp³-hybridized carbons (Fsp3) is 0.292. The van der Waals surface area contributed by atoms with Crippen molar-refractivity contribution >= 4 is 23.2 Å². The van der Waals surface area contributed by atoms with Crippen molar-refractivity contribution in [2.45, 2.75) is 20.4 Å². The molecule has 31 heavy (non-hydrogen) atoms. The Morgan fingerprint density at radius 2 is 1.68 bits per heavy atom. The Hall–Kier alpha value is -3.12. The topological polar surface area (TPSA) is 58.4 Å². The standard InChI is InChI=1S/C24H25ClN4O2/c1-17-3-6-19(7-4-17)21-9-10-23(30)29(26-21)16-24(31)28-13-11-27(12-14-28)22-15-20(25)8-5-18(22)2/h3-10,15H,11-14,16H2,1-2H3. The number of aromatic nitrogens is 2. The Balaban J connectivity index is 1.43. The van der Waals surface area contributed by atoms with E-state index in [0.717, 1.165) is 35.5 Å². The van der Waals surface area contributed by atoms with Gasteiger partial charge >= 0.3 is 0 Å². The number of benzene rings is 2. The first-order chi connectivity index (χ1) is 14.9. The summed E-state index contributed by atoms with van der Waals surface area (Å²) in [6, 6.07) is 16.9. The minimum Gasteiger partial charge on any atom is -0.368 e. The van der Waals surface area contributed by atoms with Crippen LogP contribution in [0.1, 0.15) is 11.1 Å². The molecule has 0 N–H and O–H groups in total. The van der Waals surface area contributed by atoms with E-state index in [0.29, 0.717) is 23.8 Å². The van der Waals surface area contributed by atoms with Crippen LogP contribution in [0.2, 0.25) is 5.02 Å². The molecule has 1 amide bonds. The first-order valence-corrected chi connectivity index (χ1v) is 10.7. The molecule has 0 atom stereocenters. The Bertz CT molecular complexity index is 1150. The highest BCUT2D eigenvalue weighted by molar-refractivity contribution is 6.30. The predicted octanol–water partition coefficient (Wildman–Crippen LogP) is 3.53. The molecule has 1 fully saturated rings. The van der Waals surface area contributed by atoms with E-state index in [2.05, 4.69) is 16.9 Å². The number of hydrogen-bond donors (Lipinski definition) is 0. The van der Waals surface area contributed by atoms with Gasteiger partial charge in [-0.15, -0.1) is 0 Å². The second-order valence-corrected chi connectivity index (χ2v) is 8.32. The highest BCUT2D eigenvalue weighted by Crippen LogP contribution is 2.25. The molecule has 4 rings (SSSR count). The lowest BCUT2D eigenvalue weighted by atomic mass is 10.1. The number of nitrogens with zero attached hydrogens (tertiary/aromatic N) is 4. The summed E-state index contributed by atoms with van der Waals surface area (Å²) in [4.78, 5) is 29.2. The Morgan fingerprint density at radius 1 is 0.968 bits per heavy atom.